The Hall–Kier alpha value is -1.65. The Morgan fingerprint density at radius 3 is 1.93 bits per heavy atom. The number of carboxylic acid groups (broad SMARTS) is 1. The van der Waals surface area contributed by atoms with Crippen molar-refractivity contribution in [1.29, 1.82) is 0 Å². The monoisotopic (exact) mass is 472 g/mol. The molecule has 0 aliphatic carbocycles. The van der Waals surface area contributed by atoms with Crippen molar-refractivity contribution in [1.82, 2.24) is 9.97 Å². The molecule has 13 heteroatoms. The second kappa shape index (κ2) is 9.52. The molecule has 2 aromatic rings. The highest BCUT2D eigenvalue weighted by molar-refractivity contribution is 7.97. The van der Waals surface area contributed by atoms with Crippen molar-refractivity contribution in [3.05, 3.63) is 37.3 Å². The van der Waals surface area contributed by atoms with E-state index in [-0.39, 0.29) is 43.2 Å². The minimum atomic E-state index is -1.30. The van der Waals surface area contributed by atoms with Crippen LogP contribution in [0.4, 0.5) is 11.4 Å². The maximum Gasteiger partial charge on any atom is 0.356 e. The molecule has 0 unspecified atom stereocenters. The molecule has 2 rings (SSSR count). The number of ether oxygens (including phenoxy) is 1. The van der Waals surface area contributed by atoms with Crippen LogP contribution in [0.5, 0.6) is 5.75 Å². The molecule has 146 valence electrons. The second-order valence-corrected chi connectivity index (χ2v) is 6.60. The van der Waals surface area contributed by atoms with Gasteiger partial charge in [0.15, 0.2) is 16.6 Å². The van der Waals surface area contributed by atoms with E-state index in [4.69, 9.17) is 67.7 Å². The van der Waals surface area contributed by atoms with E-state index in [0.717, 1.165) is 0 Å². The van der Waals surface area contributed by atoms with Crippen molar-refractivity contribution in [3.8, 4) is 5.75 Å². The molecule has 0 aliphatic heterocycles. The maximum atomic E-state index is 10.9. The van der Waals surface area contributed by atoms with Crippen LogP contribution < -0.4 is 16.2 Å². The molecule has 0 amide bonds. The summed E-state index contributed by atoms with van der Waals surface area (Å²) in [5.41, 5.74) is 11.4. The lowest BCUT2D eigenvalue weighted by atomic mass is 10.2. The first kappa shape index (κ1) is 23.4. The smallest absolute Gasteiger partial charge is 0.356 e. The van der Waals surface area contributed by atoms with Gasteiger partial charge in [-0.05, 0) is 6.92 Å². The molecule has 2 heterocycles. The van der Waals surface area contributed by atoms with E-state index >= 15 is 0 Å². The van der Waals surface area contributed by atoms with Gasteiger partial charge in [-0.2, -0.15) is 0 Å². The van der Waals surface area contributed by atoms with Gasteiger partial charge in [0.05, 0.1) is 23.5 Å². The summed E-state index contributed by atoms with van der Waals surface area (Å²) in [5.74, 6) is -1.23. The first-order chi connectivity index (χ1) is 12.4. The zero-order valence-electron chi connectivity index (χ0n) is 13.7. The number of rotatable bonds is 3. The summed E-state index contributed by atoms with van der Waals surface area (Å²) in [6.45, 7) is 1.67. The number of aromatic carboxylic acids is 1. The summed E-state index contributed by atoms with van der Waals surface area (Å²) in [4.78, 5) is 28.8. The standard InChI is InChI=1S/C7H6Cl2N2O3.C7H6Cl2N2OS/c1-14-5-3(10)2(8)4(7(12)13)11-6(5)9;1-2-4(10)3(8)5(7(12)13)11-6(2)9/h1H3,(H2,10,11)(H,12,13);1H3,(H2,10,11)(H,12,13). The quantitative estimate of drug-likeness (QED) is 0.386. The van der Waals surface area contributed by atoms with Crippen LogP contribution >= 0.6 is 59.0 Å². The number of anilines is 2. The molecular weight excluding hydrogens is 462 g/mol. The third-order valence-electron chi connectivity index (χ3n) is 3.06. The van der Waals surface area contributed by atoms with Crippen LogP contribution in [0.3, 0.4) is 0 Å². The third-order valence-corrected chi connectivity index (χ3v) is 4.66. The zero-order chi connectivity index (χ0) is 21.0. The van der Waals surface area contributed by atoms with E-state index in [1.807, 2.05) is 0 Å². The van der Waals surface area contributed by atoms with E-state index in [9.17, 15) is 9.59 Å². The fraction of sp³-hybridized carbons (Fsp3) is 0.143. The Kier molecular flexibility index (Phi) is 8.24. The van der Waals surface area contributed by atoms with Crippen molar-refractivity contribution < 1.29 is 19.4 Å². The number of carbonyl (C=O) groups is 2. The average molecular weight is 474 g/mol. The molecule has 2 aromatic heterocycles. The molecule has 0 bridgehead atoms. The van der Waals surface area contributed by atoms with Crippen LogP contribution in [-0.2, 0) is 0 Å². The largest absolute Gasteiger partial charge is 0.491 e. The van der Waals surface area contributed by atoms with Gasteiger partial charge in [-0.25, -0.2) is 14.8 Å². The average Bonchev–Trinajstić information content (AvgIpc) is 2.60. The Bertz CT molecular complexity index is 927. The van der Waals surface area contributed by atoms with Gasteiger partial charge in [-0.1, -0.05) is 59.0 Å². The topological polar surface area (TPSA) is 141 Å². The van der Waals surface area contributed by atoms with Crippen molar-refractivity contribution in [2.45, 2.75) is 6.92 Å². The van der Waals surface area contributed by atoms with Crippen LogP contribution in [-0.4, -0.2) is 33.3 Å². The molecule has 0 radical (unpaired) electrons. The predicted octanol–water partition coefficient (Wildman–Crippen LogP) is 4.03. The van der Waals surface area contributed by atoms with E-state index < -0.39 is 16.8 Å². The lowest BCUT2D eigenvalue weighted by molar-refractivity contribution is 0.0690. The van der Waals surface area contributed by atoms with Crippen molar-refractivity contribution >= 4 is 81.5 Å². The first-order valence-corrected chi connectivity index (χ1v) is 8.65. The van der Waals surface area contributed by atoms with Crippen molar-refractivity contribution in [3.63, 3.8) is 0 Å². The molecule has 8 nitrogen and oxygen atoms in total. The highest BCUT2D eigenvalue weighted by Gasteiger charge is 2.20. The number of nitrogen functional groups attached to an aromatic ring is 2. The number of methoxy groups -OCH3 is 1. The molecular formula is C14H12Cl4N4O4S. The van der Waals surface area contributed by atoms with E-state index in [0.29, 0.717) is 5.56 Å². The molecule has 0 saturated carbocycles. The number of halogens is 4. The minimum absolute atomic E-state index is 0.0156. The van der Waals surface area contributed by atoms with E-state index in [1.165, 1.54) is 7.11 Å². The summed E-state index contributed by atoms with van der Waals surface area (Å²) in [7, 11) is 1.33. The van der Waals surface area contributed by atoms with Gasteiger partial charge >= 0.3 is 5.97 Å². The normalized spacial score (nSPS) is 10.0. The van der Waals surface area contributed by atoms with Crippen LogP contribution in [0, 0.1) is 6.92 Å². The molecule has 0 aliphatic rings. The molecule has 0 aromatic carbocycles. The van der Waals surface area contributed by atoms with Gasteiger partial charge in [-0.3, -0.25) is 4.79 Å². The SMILES string of the molecule is COc1c(Cl)nc(C(=O)O)c(Cl)c1N.Cc1c(Cl)nc(C(=O)S)c(Cl)c1N. The molecule has 0 spiro atoms. The number of carboxylic acids is 1. The minimum Gasteiger partial charge on any atom is -0.491 e. The first-order valence-electron chi connectivity index (χ1n) is 6.70. The van der Waals surface area contributed by atoms with Crippen molar-refractivity contribution in [2.75, 3.05) is 18.6 Å². The van der Waals surface area contributed by atoms with Gasteiger partial charge in [0.2, 0.25) is 5.12 Å². The van der Waals surface area contributed by atoms with Crippen LogP contribution in [0.2, 0.25) is 20.4 Å². The van der Waals surface area contributed by atoms with Gasteiger partial charge < -0.3 is 21.3 Å². The number of thiol groups is 1. The second-order valence-electron chi connectivity index (χ2n) is 4.73. The number of hydrogen-bond donors (Lipinski definition) is 4. The Balaban J connectivity index is 0.000000271. The Morgan fingerprint density at radius 2 is 1.48 bits per heavy atom. The number of aromatic nitrogens is 2. The number of pyridine rings is 2. The molecule has 0 fully saturated rings. The summed E-state index contributed by atoms with van der Waals surface area (Å²) in [5, 5.41) is 8.07. The molecule has 27 heavy (non-hydrogen) atoms. The number of nitrogens with two attached hydrogens (primary N) is 2. The summed E-state index contributed by atoms with van der Waals surface area (Å²) in [6, 6.07) is 0. The van der Waals surface area contributed by atoms with E-state index in [2.05, 4.69) is 22.6 Å². The summed E-state index contributed by atoms with van der Waals surface area (Å²) >= 11 is 26.3. The van der Waals surface area contributed by atoms with Crippen LogP contribution in [0.25, 0.3) is 0 Å². The maximum absolute atomic E-state index is 10.9. The molecule has 0 atom stereocenters. The van der Waals surface area contributed by atoms with Gasteiger partial charge in [-0.15, -0.1) is 0 Å². The lowest BCUT2D eigenvalue weighted by Crippen LogP contribution is -2.06. The fourth-order valence-electron chi connectivity index (χ4n) is 1.65. The fourth-order valence-corrected chi connectivity index (χ4v) is 2.80. The van der Waals surface area contributed by atoms with Crippen LogP contribution in [0.15, 0.2) is 0 Å². The Labute approximate surface area is 179 Å². The number of hydrogen-bond acceptors (Lipinski definition) is 7. The van der Waals surface area contributed by atoms with Gasteiger partial charge in [0.1, 0.15) is 15.9 Å². The van der Waals surface area contributed by atoms with Gasteiger partial charge in [0, 0.05) is 5.56 Å². The van der Waals surface area contributed by atoms with E-state index in [1.54, 1.807) is 6.92 Å². The lowest BCUT2D eigenvalue weighted by Gasteiger charge is -2.09. The number of nitrogens with zero attached hydrogens (tertiary/aromatic N) is 2. The van der Waals surface area contributed by atoms with Crippen LogP contribution in [0.1, 0.15) is 26.5 Å². The highest BCUT2D eigenvalue weighted by Crippen LogP contribution is 2.36. The predicted molar refractivity (Wildman–Crippen MR) is 109 cm³/mol. The zero-order valence-corrected chi connectivity index (χ0v) is 17.6. The highest BCUT2D eigenvalue weighted by atomic mass is 35.5. The molecule has 0 saturated heterocycles. The summed E-state index contributed by atoms with van der Waals surface area (Å²) in [6.07, 6.45) is 0. The summed E-state index contributed by atoms with van der Waals surface area (Å²) < 4.78 is 4.79. The Morgan fingerprint density at radius 1 is 1.00 bits per heavy atom. The third kappa shape index (κ3) is 5.20. The number of carbonyl (C=O) groups excluding carboxylic acids is 1. The molecule has 5 N–H and O–H groups in total. The van der Waals surface area contributed by atoms with Crippen molar-refractivity contribution in [2.24, 2.45) is 0 Å². The van der Waals surface area contributed by atoms with Gasteiger partial charge in [0.25, 0.3) is 0 Å².